The van der Waals surface area contributed by atoms with Gasteiger partial charge in [0, 0.05) is 30.2 Å². The molecule has 1 heterocycles. The van der Waals surface area contributed by atoms with E-state index in [1.807, 2.05) is 6.92 Å². The average Bonchev–Trinajstić information content (AvgIpc) is 2.80. The van der Waals surface area contributed by atoms with E-state index < -0.39 is 4.92 Å². The molecular weight excluding hydrogens is 220 g/mol. The summed E-state index contributed by atoms with van der Waals surface area (Å²) in [5, 5.41) is 13.8. The highest BCUT2D eigenvalue weighted by Crippen LogP contribution is 2.21. The molecule has 0 saturated heterocycles. The zero-order valence-corrected chi connectivity index (χ0v) is 9.30. The molecule has 2 rings (SSSR count). The van der Waals surface area contributed by atoms with Crippen molar-refractivity contribution in [3.63, 3.8) is 0 Å². The van der Waals surface area contributed by atoms with Crippen LogP contribution in [0.5, 0.6) is 0 Å². The first kappa shape index (κ1) is 11.1. The molecule has 0 aliphatic carbocycles. The largest absolute Gasteiger partial charge is 0.377 e. The van der Waals surface area contributed by atoms with Crippen LogP contribution in [0.3, 0.4) is 0 Å². The summed E-state index contributed by atoms with van der Waals surface area (Å²) in [6, 6.07) is 4.74. The number of aryl methyl sites for hydroxylation is 1. The molecule has 1 aromatic heterocycles. The molecule has 1 aromatic carbocycles. The van der Waals surface area contributed by atoms with Gasteiger partial charge < -0.3 is 10.3 Å². The smallest absolute Gasteiger partial charge is 0.271 e. The van der Waals surface area contributed by atoms with E-state index in [4.69, 9.17) is 0 Å². The van der Waals surface area contributed by atoms with Crippen molar-refractivity contribution in [2.75, 3.05) is 5.32 Å². The molecule has 2 aromatic rings. The Kier molecular flexibility index (Phi) is 3.04. The normalized spacial score (nSPS) is 10.2. The van der Waals surface area contributed by atoms with Gasteiger partial charge in [0.2, 0.25) is 0 Å². The van der Waals surface area contributed by atoms with E-state index in [0.29, 0.717) is 6.54 Å². The first-order chi connectivity index (χ1) is 8.16. The molecule has 0 saturated carbocycles. The van der Waals surface area contributed by atoms with Crippen molar-refractivity contribution in [2.45, 2.75) is 13.5 Å². The number of nitro benzene ring substituents is 1. The van der Waals surface area contributed by atoms with Crippen LogP contribution in [-0.2, 0) is 6.54 Å². The number of nitrogens with one attached hydrogen (secondary N) is 2. The first-order valence-electron chi connectivity index (χ1n) is 5.14. The van der Waals surface area contributed by atoms with Gasteiger partial charge in [-0.05, 0) is 12.5 Å². The monoisotopic (exact) mass is 232 g/mol. The second-order valence-corrected chi connectivity index (χ2v) is 3.65. The van der Waals surface area contributed by atoms with Gasteiger partial charge in [0.1, 0.15) is 5.82 Å². The minimum absolute atomic E-state index is 0.0811. The maximum absolute atomic E-state index is 10.7. The Bertz CT molecular complexity index is 522. The van der Waals surface area contributed by atoms with E-state index >= 15 is 0 Å². The summed E-state index contributed by atoms with van der Waals surface area (Å²) < 4.78 is 0. The van der Waals surface area contributed by atoms with Crippen LogP contribution in [-0.4, -0.2) is 14.9 Å². The highest BCUT2D eigenvalue weighted by molar-refractivity contribution is 5.56. The molecule has 6 heteroatoms. The van der Waals surface area contributed by atoms with Crippen molar-refractivity contribution < 1.29 is 4.92 Å². The van der Waals surface area contributed by atoms with E-state index in [-0.39, 0.29) is 5.69 Å². The molecule has 0 unspecified atom stereocenters. The van der Waals surface area contributed by atoms with Gasteiger partial charge in [-0.3, -0.25) is 10.1 Å². The van der Waals surface area contributed by atoms with Crippen molar-refractivity contribution in [2.24, 2.45) is 0 Å². The Morgan fingerprint density at radius 3 is 3.00 bits per heavy atom. The fraction of sp³-hybridized carbons (Fsp3) is 0.182. The van der Waals surface area contributed by atoms with Gasteiger partial charge in [0.25, 0.3) is 5.69 Å². The van der Waals surface area contributed by atoms with Crippen LogP contribution in [0.25, 0.3) is 0 Å². The maximum atomic E-state index is 10.7. The van der Waals surface area contributed by atoms with Crippen LogP contribution >= 0.6 is 0 Å². The Hall–Kier alpha value is -2.37. The molecule has 0 radical (unpaired) electrons. The Morgan fingerprint density at radius 2 is 2.35 bits per heavy atom. The fourth-order valence-corrected chi connectivity index (χ4v) is 1.49. The molecule has 0 amide bonds. The van der Waals surface area contributed by atoms with E-state index in [0.717, 1.165) is 17.1 Å². The first-order valence-corrected chi connectivity index (χ1v) is 5.14. The topological polar surface area (TPSA) is 83.8 Å². The number of aromatic amines is 1. The third-order valence-corrected chi connectivity index (χ3v) is 2.43. The van der Waals surface area contributed by atoms with Crippen LogP contribution in [0.2, 0.25) is 0 Å². The molecule has 0 bridgehead atoms. The standard InChI is InChI=1S/C11H12N4O2/c1-8-2-3-9(15(16)17)6-10(8)14-7-11-12-4-5-13-11/h2-6,14H,7H2,1H3,(H,12,13). The third-order valence-electron chi connectivity index (χ3n) is 2.43. The van der Waals surface area contributed by atoms with Crippen molar-refractivity contribution >= 4 is 11.4 Å². The molecular formula is C11H12N4O2. The van der Waals surface area contributed by atoms with Crippen molar-refractivity contribution in [1.29, 1.82) is 0 Å². The molecule has 0 fully saturated rings. The Labute approximate surface area is 97.9 Å². The minimum atomic E-state index is -0.405. The molecule has 0 aliphatic heterocycles. The van der Waals surface area contributed by atoms with Gasteiger partial charge in [-0.2, -0.15) is 0 Å². The lowest BCUT2D eigenvalue weighted by atomic mass is 10.2. The molecule has 17 heavy (non-hydrogen) atoms. The van der Waals surface area contributed by atoms with Gasteiger partial charge in [-0.25, -0.2) is 4.98 Å². The van der Waals surface area contributed by atoms with Crippen LogP contribution in [0.4, 0.5) is 11.4 Å². The summed E-state index contributed by atoms with van der Waals surface area (Å²) in [6.07, 6.45) is 3.40. The molecule has 2 N–H and O–H groups in total. The van der Waals surface area contributed by atoms with E-state index in [2.05, 4.69) is 15.3 Å². The second kappa shape index (κ2) is 4.65. The zero-order valence-electron chi connectivity index (χ0n) is 9.30. The SMILES string of the molecule is Cc1ccc([N+](=O)[O-])cc1NCc1ncc[nH]1. The number of non-ortho nitro benzene ring substituents is 1. The molecule has 88 valence electrons. The summed E-state index contributed by atoms with van der Waals surface area (Å²) in [7, 11) is 0. The average molecular weight is 232 g/mol. The predicted octanol–water partition coefficient (Wildman–Crippen LogP) is 2.24. The van der Waals surface area contributed by atoms with Gasteiger partial charge in [0.05, 0.1) is 11.5 Å². The highest BCUT2D eigenvalue weighted by atomic mass is 16.6. The summed E-state index contributed by atoms with van der Waals surface area (Å²) >= 11 is 0. The zero-order chi connectivity index (χ0) is 12.3. The van der Waals surface area contributed by atoms with Crippen LogP contribution in [0.15, 0.2) is 30.6 Å². The number of nitro groups is 1. The lowest BCUT2D eigenvalue weighted by Gasteiger charge is -2.07. The molecule has 0 aliphatic rings. The number of imidazole rings is 1. The maximum Gasteiger partial charge on any atom is 0.271 e. The Balaban J connectivity index is 2.14. The summed E-state index contributed by atoms with van der Waals surface area (Å²) in [5.74, 6) is 0.788. The number of rotatable bonds is 4. The van der Waals surface area contributed by atoms with Crippen LogP contribution < -0.4 is 5.32 Å². The predicted molar refractivity (Wildman–Crippen MR) is 63.7 cm³/mol. The van der Waals surface area contributed by atoms with Crippen molar-refractivity contribution in [1.82, 2.24) is 9.97 Å². The molecule has 6 nitrogen and oxygen atoms in total. The number of benzene rings is 1. The molecule has 0 spiro atoms. The van der Waals surface area contributed by atoms with Gasteiger partial charge in [-0.15, -0.1) is 0 Å². The van der Waals surface area contributed by atoms with Crippen LogP contribution in [0.1, 0.15) is 11.4 Å². The lowest BCUT2D eigenvalue weighted by molar-refractivity contribution is -0.384. The van der Waals surface area contributed by atoms with Gasteiger partial charge in [-0.1, -0.05) is 6.07 Å². The summed E-state index contributed by atoms with van der Waals surface area (Å²) in [4.78, 5) is 17.3. The quantitative estimate of drug-likeness (QED) is 0.625. The van der Waals surface area contributed by atoms with Crippen molar-refractivity contribution in [3.05, 3.63) is 52.1 Å². The van der Waals surface area contributed by atoms with E-state index in [1.165, 1.54) is 12.1 Å². The van der Waals surface area contributed by atoms with Gasteiger partial charge >= 0.3 is 0 Å². The molecule has 0 atom stereocenters. The minimum Gasteiger partial charge on any atom is -0.377 e. The second-order valence-electron chi connectivity index (χ2n) is 3.65. The van der Waals surface area contributed by atoms with Crippen molar-refractivity contribution in [3.8, 4) is 0 Å². The van der Waals surface area contributed by atoms with E-state index in [1.54, 1.807) is 18.5 Å². The summed E-state index contributed by atoms with van der Waals surface area (Å²) in [6.45, 7) is 2.41. The number of hydrogen-bond donors (Lipinski definition) is 2. The highest BCUT2D eigenvalue weighted by Gasteiger charge is 2.08. The van der Waals surface area contributed by atoms with Crippen LogP contribution in [0, 0.1) is 17.0 Å². The number of hydrogen-bond acceptors (Lipinski definition) is 4. The third kappa shape index (κ3) is 2.60. The number of H-pyrrole nitrogens is 1. The Morgan fingerprint density at radius 1 is 1.53 bits per heavy atom. The van der Waals surface area contributed by atoms with Gasteiger partial charge in [0.15, 0.2) is 0 Å². The fourth-order valence-electron chi connectivity index (χ4n) is 1.49. The van der Waals surface area contributed by atoms with E-state index in [9.17, 15) is 10.1 Å². The summed E-state index contributed by atoms with van der Waals surface area (Å²) in [5.41, 5.74) is 1.79. The number of anilines is 1. The lowest BCUT2D eigenvalue weighted by Crippen LogP contribution is -2.03. The number of aromatic nitrogens is 2. The number of nitrogens with zero attached hydrogens (tertiary/aromatic N) is 2.